The molecule has 0 aliphatic rings. The van der Waals surface area contributed by atoms with Crippen LogP contribution in [0.3, 0.4) is 0 Å². The molecule has 0 fully saturated rings. The third-order valence-electron chi connectivity index (χ3n) is 0.960. The van der Waals surface area contributed by atoms with Gasteiger partial charge in [0.2, 0.25) is 0 Å². The van der Waals surface area contributed by atoms with Crippen LogP contribution in [-0.4, -0.2) is 15.9 Å². The zero-order valence-electron chi connectivity index (χ0n) is 5.52. The molecule has 0 saturated carbocycles. The first-order valence-corrected chi connectivity index (χ1v) is 2.58. The van der Waals surface area contributed by atoms with Gasteiger partial charge in [-0.3, -0.25) is 4.79 Å². The van der Waals surface area contributed by atoms with Crippen LogP contribution in [0.15, 0.2) is 12.4 Å². The molecule has 1 amide bonds. The van der Waals surface area contributed by atoms with Gasteiger partial charge in [-0.1, -0.05) is 0 Å². The van der Waals surface area contributed by atoms with Crippen molar-refractivity contribution in [2.45, 2.75) is 0 Å². The molecular formula is C5H7ClN4O. The molecule has 6 heteroatoms. The van der Waals surface area contributed by atoms with E-state index in [-0.39, 0.29) is 23.9 Å². The number of carbonyl (C=O) groups excluding carboxylic acids is 1. The van der Waals surface area contributed by atoms with Crippen LogP contribution in [0.2, 0.25) is 0 Å². The van der Waals surface area contributed by atoms with Crippen LogP contribution < -0.4 is 11.5 Å². The van der Waals surface area contributed by atoms with E-state index in [1.807, 2.05) is 0 Å². The molecule has 1 heterocycles. The summed E-state index contributed by atoms with van der Waals surface area (Å²) in [6.07, 6.45) is 2.75. The van der Waals surface area contributed by atoms with E-state index in [9.17, 15) is 4.79 Å². The van der Waals surface area contributed by atoms with Crippen LogP contribution in [0, 0.1) is 0 Å². The van der Waals surface area contributed by atoms with Gasteiger partial charge in [0.25, 0.3) is 5.91 Å². The van der Waals surface area contributed by atoms with Gasteiger partial charge >= 0.3 is 0 Å². The third kappa shape index (κ3) is 2.05. The molecule has 0 bridgehead atoms. The Labute approximate surface area is 69.2 Å². The van der Waals surface area contributed by atoms with Crippen molar-refractivity contribution in [2.75, 3.05) is 5.73 Å². The van der Waals surface area contributed by atoms with Gasteiger partial charge in [-0.05, 0) is 0 Å². The first-order chi connectivity index (χ1) is 4.72. The average Bonchev–Trinajstić information content (AvgIpc) is 1.88. The Kier molecular flexibility index (Phi) is 3.26. The van der Waals surface area contributed by atoms with Crippen LogP contribution in [-0.2, 0) is 0 Å². The minimum absolute atomic E-state index is 0. The molecule has 0 unspecified atom stereocenters. The summed E-state index contributed by atoms with van der Waals surface area (Å²) in [7, 11) is 0. The third-order valence-corrected chi connectivity index (χ3v) is 0.960. The van der Waals surface area contributed by atoms with Crippen molar-refractivity contribution in [1.82, 2.24) is 9.97 Å². The van der Waals surface area contributed by atoms with E-state index in [1.54, 1.807) is 0 Å². The molecule has 11 heavy (non-hydrogen) atoms. The van der Waals surface area contributed by atoms with Gasteiger partial charge in [-0.2, -0.15) is 0 Å². The molecule has 0 aromatic carbocycles. The molecule has 0 spiro atoms. The molecule has 1 rings (SSSR count). The molecule has 0 saturated heterocycles. The lowest BCUT2D eigenvalue weighted by Crippen LogP contribution is -2.16. The molecule has 60 valence electrons. The van der Waals surface area contributed by atoms with Crippen LogP contribution in [0.1, 0.15) is 10.5 Å². The van der Waals surface area contributed by atoms with Crippen molar-refractivity contribution in [2.24, 2.45) is 5.73 Å². The smallest absolute Gasteiger partial charge is 0.271 e. The second-order valence-electron chi connectivity index (χ2n) is 1.65. The first-order valence-electron chi connectivity index (χ1n) is 2.58. The van der Waals surface area contributed by atoms with Gasteiger partial charge in [-0.15, -0.1) is 12.4 Å². The Balaban J connectivity index is 0.000001000. The second kappa shape index (κ2) is 3.72. The standard InChI is InChI=1S/C5H6N4O.ClH/c6-4-3(5(7)10)8-1-2-9-4;/h1-2H,(H2,6,9)(H2,7,10);1H. The minimum atomic E-state index is -0.661. The Morgan fingerprint density at radius 1 is 1.36 bits per heavy atom. The average molecular weight is 175 g/mol. The number of aromatic nitrogens is 2. The quantitative estimate of drug-likeness (QED) is 0.605. The summed E-state index contributed by atoms with van der Waals surface area (Å²) in [4.78, 5) is 17.7. The van der Waals surface area contributed by atoms with E-state index in [1.165, 1.54) is 12.4 Å². The number of primary amides is 1. The summed E-state index contributed by atoms with van der Waals surface area (Å²) in [5, 5.41) is 0. The summed E-state index contributed by atoms with van der Waals surface area (Å²) in [6, 6.07) is 0. The fourth-order valence-corrected chi connectivity index (χ4v) is 0.539. The van der Waals surface area contributed by atoms with Crippen LogP contribution in [0.5, 0.6) is 0 Å². The molecule has 5 nitrogen and oxygen atoms in total. The number of carbonyl (C=O) groups is 1. The molecule has 0 atom stereocenters. The van der Waals surface area contributed by atoms with Crippen molar-refractivity contribution >= 4 is 24.1 Å². The van der Waals surface area contributed by atoms with Crippen LogP contribution in [0.25, 0.3) is 0 Å². The number of halogens is 1. The number of rotatable bonds is 1. The summed E-state index contributed by atoms with van der Waals surface area (Å²) in [5.41, 5.74) is 10.2. The lowest BCUT2D eigenvalue weighted by atomic mass is 10.4. The molecular weight excluding hydrogens is 168 g/mol. The van der Waals surface area contributed by atoms with Gasteiger partial charge in [0, 0.05) is 12.4 Å². The maximum Gasteiger partial charge on any atom is 0.271 e. The van der Waals surface area contributed by atoms with Crippen molar-refractivity contribution in [3.8, 4) is 0 Å². The normalized spacial score (nSPS) is 8.36. The Hall–Kier alpha value is -1.36. The molecule has 0 aliphatic carbocycles. The highest BCUT2D eigenvalue weighted by atomic mass is 35.5. The van der Waals surface area contributed by atoms with E-state index in [4.69, 9.17) is 11.5 Å². The lowest BCUT2D eigenvalue weighted by Gasteiger charge is -1.95. The van der Waals surface area contributed by atoms with E-state index in [0.717, 1.165) is 0 Å². The van der Waals surface area contributed by atoms with Gasteiger partial charge in [-0.25, -0.2) is 9.97 Å². The number of hydrogen-bond acceptors (Lipinski definition) is 4. The fraction of sp³-hybridized carbons (Fsp3) is 0. The predicted octanol–water partition coefficient (Wildman–Crippen LogP) is -0.421. The number of nitrogens with zero attached hydrogens (tertiary/aromatic N) is 2. The van der Waals surface area contributed by atoms with Crippen molar-refractivity contribution in [1.29, 1.82) is 0 Å². The highest BCUT2D eigenvalue weighted by molar-refractivity contribution is 5.94. The Morgan fingerprint density at radius 3 is 2.27 bits per heavy atom. The fourth-order valence-electron chi connectivity index (χ4n) is 0.539. The predicted molar refractivity (Wildman–Crippen MR) is 42.2 cm³/mol. The zero-order chi connectivity index (χ0) is 7.56. The SMILES string of the molecule is Cl.NC(=O)c1nccnc1N. The number of hydrogen-bond donors (Lipinski definition) is 2. The number of amides is 1. The molecule has 0 radical (unpaired) electrons. The minimum Gasteiger partial charge on any atom is -0.382 e. The number of nitrogen functional groups attached to an aromatic ring is 1. The first kappa shape index (κ1) is 9.64. The summed E-state index contributed by atoms with van der Waals surface area (Å²) in [5.74, 6) is -0.597. The molecule has 0 aliphatic heterocycles. The molecule has 1 aromatic heterocycles. The monoisotopic (exact) mass is 174 g/mol. The van der Waals surface area contributed by atoms with Gasteiger partial charge in [0.1, 0.15) is 0 Å². The highest BCUT2D eigenvalue weighted by Crippen LogP contribution is 1.99. The maximum absolute atomic E-state index is 10.5. The lowest BCUT2D eigenvalue weighted by molar-refractivity contribution is 0.0996. The van der Waals surface area contributed by atoms with E-state index in [0.29, 0.717) is 0 Å². The van der Waals surface area contributed by atoms with Crippen LogP contribution in [0.4, 0.5) is 5.82 Å². The maximum atomic E-state index is 10.5. The van der Waals surface area contributed by atoms with E-state index < -0.39 is 5.91 Å². The number of nitrogens with two attached hydrogens (primary N) is 2. The van der Waals surface area contributed by atoms with Crippen LogP contribution >= 0.6 is 12.4 Å². The van der Waals surface area contributed by atoms with E-state index in [2.05, 4.69) is 9.97 Å². The van der Waals surface area contributed by atoms with Crippen molar-refractivity contribution in [3.63, 3.8) is 0 Å². The zero-order valence-corrected chi connectivity index (χ0v) is 6.34. The Morgan fingerprint density at radius 2 is 1.91 bits per heavy atom. The van der Waals surface area contributed by atoms with Gasteiger partial charge in [0.05, 0.1) is 0 Å². The highest BCUT2D eigenvalue weighted by Gasteiger charge is 2.05. The number of anilines is 1. The summed E-state index contributed by atoms with van der Waals surface area (Å²) in [6.45, 7) is 0. The van der Waals surface area contributed by atoms with Crippen molar-refractivity contribution < 1.29 is 4.79 Å². The van der Waals surface area contributed by atoms with Crippen molar-refractivity contribution in [3.05, 3.63) is 18.1 Å². The molecule has 4 N–H and O–H groups in total. The van der Waals surface area contributed by atoms with E-state index >= 15 is 0 Å². The second-order valence-corrected chi connectivity index (χ2v) is 1.65. The van der Waals surface area contributed by atoms with Gasteiger partial charge < -0.3 is 11.5 Å². The largest absolute Gasteiger partial charge is 0.382 e. The summed E-state index contributed by atoms with van der Waals surface area (Å²) >= 11 is 0. The topological polar surface area (TPSA) is 94.9 Å². The summed E-state index contributed by atoms with van der Waals surface area (Å²) < 4.78 is 0. The van der Waals surface area contributed by atoms with Gasteiger partial charge in [0.15, 0.2) is 11.5 Å². The Bertz CT molecular complexity index is 264. The molecule has 1 aromatic rings.